The summed E-state index contributed by atoms with van der Waals surface area (Å²) in [6.45, 7) is 7.10. The van der Waals surface area contributed by atoms with Gasteiger partial charge in [0.1, 0.15) is 14.5 Å². The standard InChI is InChI=1S/C27H32N2OSi2/c1-4-31(5-2,6-3)29(27-22-30-23-28-27)32(24-16-10-7-11-17-24,25-18-12-8-13-19-25)26-20-14-9-15-21-26/h7-23H,4-6H2,1-3H3. The number of oxazole rings is 1. The van der Waals surface area contributed by atoms with Crippen LogP contribution in [0.15, 0.2) is 108 Å². The summed E-state index contributed by atoms with van der Waals surface area (Å²) in [4.78, 5) is 4.80. The zero-order valence-electron chi connectivity index (χ0n) is 19.2. The van der Waals surface area contributed by atoms with E-state index in [4.69, 9.17) is 9.40 Å². The Labute approximate surface area is 193 Å². The van der Waals surface area contributed by atoms with Gasteiger partial charge in [0, 0.05) is 0 Å². The first-order valence-electron chi connectivity index (χ1n) is 11.6. The first-order valence-corrected chi connectivity index (χ1v) is 16.1. The molecule has 0 aliphatic rings. The fourth-order valence-electron chi connectivity index (χ4n) is 5.24. The van der Waals surface area contributed by atoms with Gasteiger partial charge in [-0.2, -0.15) is 0 Å². The van der Waals surface area contributed by atoms with E-state index in [1.807, 2.05) is 6.26 Å². The van der Waals surface area contributed by atoms with E-state index >= 15 is 0 Å². The molecule has 4 rings (SSSR count). The van der Waals surface area contributed by atoms with Crippen molar-refractivity contribution in [3.05, 3.63) is 104 Å². The van der Waals surface area contributed by atoms with Gasteiger partial charge in [0.15, 0.2) is 12.2 Å². The van der Waals surface area contributed by atoms with Gasteiger partial charge >= 0.3 is 0 Å². The molecular formula is C27H32N2OSi2. The molecule has 0 amide bonds. The molecule has 0 spiro atoms. The Balaban J connectivity index is 2.19. The third-order valence-electron chi connectivity index (χ3n) is 7.01. The van der Waals surface area contributed by atoms with Crippen molar-refractivity contribution in [3.63, 3.8) is 0 Å². The van der Waals surface area contributed by atoms with Crippen molar-refractivity contribution in [2.24, 2.45) is 0 Å². The summed E-state index contributed by atoms with van der Waals surface area (Å²) in [6, 6.07) is 36.8. The van der Waals surface area contributed by atoms with Crippen LogP contribution in [0.5, 0.6) is 0 Å². The quantitative estimate of drug-likeness (QED) is 0.258. The highest BCUT2D eigenvalue weighted by atomic mass is 28.4. The normalized spacial score (nSPS) is 12.0. The van der Waals surface area contributed by atoms with Gasteiger partial charge in [0.2, 0.25) is 8.24 Å². The minimum Gasteiger partial charge on any atom is -0.450 e. The number of anilines is 1. The van der Waals surface area contributed by atoms with Crippen LogP contribution in [-0.4, -0.2) is 21.5 Å². The molecule has 0 radical (unpaired) electrons. The van der Waals surface area contributed by atoms with Crippen LogP contribution in [0, 0.1) is 0 Å². The van der Waals surface area contributed by atoms with Crippen molar-refractivity contribution in [2.75, 3.05) is 4.23 Å². The fourth-order valence-corrected chi connectivity index (χ4v) is 18.0. The van der Waals surface area contributed by atoms with E-state index in [0.29, 0.717) is 0 Å². The van der Waals surface area contributed by atoms with Crippen LogP contribution in [0.25, 0.3) is 0 Å². The molecule has 32 heavy (non-hydrogen) atoms. The first kappa shape index (κ1) is 22.3. The molecule has 3 aromatic carbocycles. The van der Waals surface area contributed by atoms with Gasteiger partial charge in [-0.25, -0.2) is 4.98 Å². The lowest BCUT2D eigenvalue weighted by molar-refractivity contribution is 0.558. The van der Waals surface area contributed by atoms with Crippen molar-refractivity contribution in [1.82, 2.24) is 4.98 Å². The number of aromatic nitrogens is 1. The van der Waals surface area contributed by atoms with Crippen LogP contribution >= 0.6 is 0 Å². The van der Waals surface area contributed by atoms with E-state index in [-0.39, 0.29) is 0 Å². The molecule has 0 saturated carbocycles. The summed E-state index contributed by atoms with van der Waals surface area (Å²) in [7, 11) is -4.65. The predicted molar refractivity (Wildman–Crippen MR) is 140 cm³/mol. The first-order chi connectivity index (χ1) is 15.7. The van der Waals surface area contributed by atoms with Crippen molar-refractivity contribution in [1.29, 1.82) is 0 Å². The molecule has 3 nitrogen and oxygen atoms in total. The highest BCUT2D eigenvalue weighted by molar-refractivity contribution is 7.21. The summed E-state index contributed by atoms with van der Waals surface area (Å²) in [5.41, 5.74) is 0. The number of nitrogens with zero attached hydrogens (tertiary/aromatic N) is 2. The molecule has 0 unspecified atom stereocenters. The van der Waals surface area contributed by atoms with Crippen molar-refractivity contribution in [2.45, 2.75) is 38.9 Å². The lowest BCUT2D eigenvalue weighted by atomic mass is 10.3. The maximum absolute atomic E-state index is 5.62. The second kappa shape index (κ2) is 9.71. The van der Waals surface area contributed by atoms with Gasteiger partial charge in [0.05, 0.1) is 0 Å². The zero-order chi connectivity index (χ0) is 22.4. The number of hydrogen-bond donors (Lipinski definition) is 0. The van der Waals surface area contributed by atoms with Crippen molar-refractivity contribution in [3.8, 4) is 0 Å². The second-order valence-electron chi connectivity index (χ2n) is 8.28. The Hall–Kier alpha value is -2.90. The maximum Gasteiger partial charge on any atom is 0.246 e. The van der Waals surface area contributed by atoms with Crippen LogP contribution in [-0.2, 0) is 0 Å². The highest BCUT2D eigenvalue weighted by Crippen LogP contribution is 2.34. The van der Waals surface area contributed by atoms with Crippen LogP contribution in [0.2, 0.25) is 18.1 Å². The lowest BCUT2D eigenvalue weighted by Crippen LogP contribution is -2.83. The monoisotopic (exact) mass is 456 g/mol. The molecule has 4 aromatic rings. The summed E-state index contributed by atoms with van der Waals surface area (Å²) in [5.74, 6) is 0.977. The highest BCUT2D eigenvalue weighted by Gasteiger charge is 2.53. The molecule has 0 fully saturated rings. The molecular weight excluding hydrogens is 424 g/mol. The Morgan fingerprint density at radius 1 is 0.656 bits per heavy atom. The average molecular weight is 457 g/mol. The topological polar surface area (TPSA) is 29.3 Å². The van der Waals surface area contributed by atoms with Crippen LogP contribution < -0.4 is 19.8 Å². The number of rotatable bonds is 9. The molecule has 164 valence electrons. The molecule has 1 heterocycles. The van der Waals surface area contributed by atoms with Gasteiger partial charge in [-0.05, 0) is 33.7 Å². The third kappa shape index (κ3) is 3.65. The Morgan fingerprint density at radius 3 is 1.38 bits per heavy atom. The smallest absolute Gasteiger partial charge is 0.246 e. The second-order valence-corrected chi connectivity index (χ2v) is 17.3. The average Bonchev–Trinajstić information content (AvgIpc) is 3.41. The summed E-state index contributed by atoms with van der Waals surface area (Å²) >= 11 is 0. The summed E-state index contributed by atoms with van der Waals surface area (Å²) < 4.78 is 8.43. The lowest BCUT2D eigenvalue weighted by Gasteiger charge is -2.53. The van der Waals surface area contributed by atoms with Gasteiger partial charge in [0.25, 0.3) is 0 Å². The summed E-state index contributed by atoms with van der Waals surface area (Å²) in [5, 5.41) is 4.15. The van der Waals surface area contributed by atoms with Gasteiger partial charge in [-0.3, -0.25) is 0 Å². The number of hydrogen-bond acceptors (Lipinski definition) is 3. The van der Waals surface area contributed by atoms with Crippen molar-refractivity contribution < 1.29 is 4.42 Å². The fraction of sp³-hybridized carbons (Fsp3) is 0.222. The van der Waals surface area contributed by atoms with Gasteiger partial charge in [-0.1, -0.05) is 112 Å². The van der Waals surface area contributed by atoms with Crippen LogP contribution in [0.3, 0.4) is 0 Å². The molecule has 0 atom stereocenters. The Kier molecular flexibility index (Phi) is 6.77. The molecule has 1 aromatic heterocycles. The van der Waals surface area contributed by atoms with E-state index in [9.17, 15) is 0 Å². The van der Waals surface area contributed by atoms with E-state index in [1.54, 1.807) is 6.39 Å². The SMILES string of the molecule is CC[Si](CC)(CC)N(c1cocn1)[Si](c1ccccc1)(c1ccccc1)c1ccccc1. The Morgan fingerprint density at radius 2 is 1.06 bits per heavy atom. The van der Waals surface area contributed by atoms with E-state index in [0.717, 1.165) is 24.0 Å². The molecule has 5 heteroatoms. The number of benzene rings is 3. The van der Waals surface area contributed by atoms with Crippen LogP contribution in [0.4, 0.5) is 5.82 Å². The zero-order valence-corrected chi connectivity index (χ0v) is 21.2. The molecule has 0 N–H and O–H groups in total. The van der Waals surface area contributed by atoms with Gasteiger partial charge in [-0.15, -0.1) is 0 Å². The Bertz CT molecular complexity index is 978. The minimum absolute atomic E-state index is 0.977. The van der Waals surface area contributed by atoms with E-state index in [2.05, 4.69) is 116 Å². The molecule has 0 aliphatic carbocycles. The molecule has 0 saturated heterocycles. The minimum atomic E-state index is -2.68. The van der Waals surface area contributed by atoms with E-state index < -0.39 is 16.5 Å². The van der Waals surface area contributed by atoms with Crippen molar-refractivity contribution >= 4 is 37.8 Å². The van der Waals surface area contributed by atoms with Gasteiger partial charge < -0.3 is 8.65 Å². The molecule has 0 aliphatic heterocycles. The van der Waals surface area contributed by atoms with E-state index in [1.165, 1.54) is 15.6 Å². The largest absolute Gasteiger partial charge is 0.450 e. The molecule has 0 bridgehead atoms. The third-order valence-corrected chi connectivity index (χ3v) is 19.0. The van der Waals surface area contributed by atoms with Crippen LogP contribution in [0.1, 0.15) is 20.8 Å². The summed E-state index contributed by atoms with van der Waals surface area (Å²) in [6.07, 6.45) is 3.45. The maximum atomic E-state index is 5.62. The predicted octanol–water partition coefficient (Wildman–Crippen LogP) is 5.15.